The van der Waals surface area contributed by atoms with Gasteiger partial charge in [-0.2, -0.15) is 0 Å². The molecule has 5 nitrogen and oxygen atoms in total. The number of furan rings is 2. The van der Waals surface area contributed by atoms with E-state index < -0.39 is 5.41 Å². The summed E-state index contributed by atoms with van der Waals surface area (Å²) >= 11 is 0. The Morgan fingerprint density at radius 2 is 0.680 bits per heavy atom. The molecule has 1 aliphatic rings. The Labute approximate surface area is 432 Å². The number of fused-ring (bicyclic) bond motifs is 9. The zero-order chi connectivity index (χ0) is 49.5. The summed E-state index contributed by atoms with van der Waals surface area (Å²) in [6.07, 6.45) is 0. The molecule has 0 amide bonds. The zero-order valence-corrected chi connectivity index (χ0v) is 40.5. The molecular formula is C70H43N3O2. The summed E-state index contributed by atoms with van der Waals surface area (Å²) in [5, 5.41) is 3.90. The van der Waals surface area contributed by atoms with Crippen LogP contribution >= 0.6 is 0 Å². The zero-order valence-electron chi connectivity index (χ0n) is 40.5. The lowest BCUT2D eigenvalue weighted by molar-refractivity contribution is 0.668. The first-order valence-electron chi connectivity index (χ1n) is 25.4. The van der Waals surface area contributed by atoms with Crippen molar-refractivity contribution in [2.24, 2.45) is 0 Å². The Kier molecular flexibility index (Phi) is 9.72. The van der Waals surface area contributed by atoms with Crippen LogP contribution in [-0.2, 0) is 5.41 Å². The topological polar surface area (TPSA) is 65.0 Å². The van der Waals surface area contributed by atoms with Gasteiger partial charge < -0.3 is 8.83 Å². The Bertz CT molecular complexity index is 4460. The van der Waals surface area contributed by atoms with Crippen LogP contribution in [0.2, 0.25) is 0 Å². The minimum absolute atomic E-state index is 0.465. The van der Waals surface area contributed by atoms with Crippen LogP contribution < -0.4 is 0 Å². The Morgan fingerprint density at radius 3 is 1.33 bits per heavy atom. The number of para-hydroxylation sites is 1. The summed E-state index contributed by atoms with van der Waals surface area (Å²) in [7, 11) is 0. The van der Waals surface area contributed by atoms with Crippen molar-refractivity contribution in [1.29, 1.82) is 0 Å². The van der Waals surface area contributed by atoms with E-state index in [2.05, 4.69) is 212 Å². The van der Waals surface area contributed by atoms with Crippen LogP contribution in [0.4, 0.5) is 0 Å². The molecule has 0 N–H and O–H groups in total. The molecule has 0 saturated carbocycles. The smallest absolute Gasteiger partial charge is 0.164 e. The number of hydrogen-bond donors (Lipinski definition) is 0. The molecule has 5 heteroatoms. The lowest BCUT2D eigenvalue weighted by atomic mass is 9.67. The fraction of sp³-hybridized carbons (Fsp3) is 0.0143. The summed E-state index contributed by atoms with van der Waals surface area (Å²) < 4.78 is 13.0. The molecule has 0 saturated heterocycles. The van der Waals surface area contributed by atoms with Gasteiger partial charge >= 0.3 is 0 Å². The predicted octanol–water partition coefficient (Wildman–Crippen LogP) is 18.0. The second-order valence-electron chi connectivity index (χ2n) is 19.4. The van der Waals surface area contributed by atoms with E-state index in [0.717, 1.165) is 88.4 Å². The average Bonchev–Trinajstić information content (AvgIpc) is 4.16. The minimum atomic E-state index is -0.465. The molecule has 0 atom stereocenters. The highest BCUT2D eigenvalue weighted by molar-refractivity contribution is 6.14. The summed E-state index contributed by atoms with van der Waals surface area (Å²) in [5.74, 6) is 1.68. The fourth-order valence-electron chi connectivity index (χ4n) is 11.8. The second-order valence-corrected chi connectivity index (χ2v) is 19.4. The molecule has 0 unspecified atom stereocenters. The Balaban J connectivity index is 0.841. The van der Waals surface area contributed by atoms with Gasteiger partial charge in [0.05, 0.1) is 5.41 Å². The van der Waals surface area contributed by atoms with Gasteiger partial charge in [-0.05, 0) is 103 Å². The second kappa shape index (κ2) is 17.1. The van der Waals surface area contributed by atoms with Crippen LogP contribution in [0.5, 0.6) is 0 Å². The minimum Gasteiger partial charge on any atom is -0.456 e. The summed E-state index contributed by atoms with van der Waals surface area (Å²) in [6.45, 7) is 0. The number of rotatable bonds is 8. The van der Waals surface area contributed by atoms with Crippen LogP contribution in [0.25, 0.3) is 123 Å². The van der Waals surface area contributed by atoms with Gasteiger partial charge in [-0.15, -0.1) is 0 Å². The van der Waals surface area contributed by atoms with Crippen molar-refractivity contribution in [3.63, 3.8) is 0 Å². The van der Waals surface area contributed by atoms with Gasteiger partial charge in [0, 0.05) is 38.2 Å². The molecule has 15 rings (SSSR count). The van der Waals surface area contributed by atoms with Crippen molar-refractivity contribution in [1.82, 2.24) is 15.0 Å². The summed E-state index contributed by atoms with van der Waals surface area (Å²) in [6, 6.07) is 92.5. The molecule has 0 fully saturated rings. The van der Waals surface area contributed by atoms with Crippen LogP contribution in [0.1, 0.15) is 22.3 Å². The Morgan fingerprint density at radius 1 is 0.253 bits per heavy atom. The van der Waals surface area contributed by atoms with E-state index in [9.17, 15) is 0 Å². The average molecular weight is 958 g/mol. The molecule has 3 heterocycles. The molecule has 11 aromatic carbocycles. The van der Waals surface area contributed by atoms with E-state index in [-0.39, 0.29) is 0 Å². The van der Waals surface area contributed by atoms with E-state index in [1.807, 2.05) is 48.5 Å². The third kappa shape index (κ3) is 6.82. The fourth-order valence-corrected chi connectivity index (χ4v) is 11.8. The van der Waals surface area contributed by atoms with Crippen LogP contribution in [0.15, 0.2) is 270 Å². The normalized spacial score (nSPS) is 12.6. The first-order chi connectivity index (χ1) is 37.2. The quantitative estimate of drug-likeness (QED) is 0.152. The van der Waals surface area contributed by atoms with Crippen molar-refractivity contribution in [3.05, 3.63) is 283 Å². The SMILES string of the molecule is c1ccc(-c2ccc(-c3nc(-c4cccc5oc6ccccc6c45)nc(-c4cccc5oc6ccc(-c7ccc(-c8ccc9c(c8)C(c8ccccc8)(c8ccccc8)c8ccccc8-9)cc7)cc6c45)n3)cc2)cc1. The first kappa shape index (κ1) is 42.7. The van der Waals surface area contributed by atoms with E-state index in [1.54, 1.807) is 0 Å². The molecule has 0 spiro atoms. The molecule has 1 aliphatic carbocycles. The van der Waals surface area contributed by atoms with Crippen LogP contribution in [-0.4, -0.2) is 15.0 Å². The maximum atomic E-state index is 6.62. The molecule has 3 aromatic heterocycles. The number of benzene rings is 11. The van der Waals surface area contributed by atoms with E-state index >= 15 is 0 Å². The van der Waals surface area contributed by atoms with Gasteiger partial charge in [0.25, 0.3) is 0 Å². The lowest BCUT2D eigenvalue weighted by Gasteiger charge is -2.34. The highest BCUT2D eigenvalue weighted by atomic mass is 16.3. The molecule has 0 radical (unpaired) electrons. The van der Waals surface area contributed by atoms with Crippen molar-refractivity contribution < 1.29 is 8.83 Å². The van der Waals surface area contributed by atoms with Crippen molar-refractivity contribution in [2.45, 2.75) is 5.41 Å². The van der Waals surface area contributed by atoms with Crippen molar-refractivity contribution in [3.8, 4) is 78.7 Å². The maximum absolute atomic E-state index is 6.62. The highest BCUT2D eigenvalue weighted by Crippen LogP contribution is 2.57. The third-order valence-corrected chi connectivity index (χ3v) is 15.3. The maximum Gasteiger partial charge on any atom is 0.164 e. The molecule has 350 valence electrons. The summed E-state index contributed by atoms with van der Waals surface area (Å²) in [5.41, 5.74) is 19.7. The highest BCUT2D eigenvalue weighted by Gasteiger charge is 2.46. The molecule has 14 aromatic rings. The number of nitrogens with zero attached hydrogens (tertiary/aromatic N) is 3. The lowest BCUT2D eigenvalue weighted by Crippen LogP contribution is -2.28. The van der Waals surface area contributed by atoms with Crippen molar-refractivity contribution in [2.75, 3.05) is 0 Å². The van der Waals surface area contributed by atoms with E-state index in [0.29, 0.717) is 17.5 Å². The Hall–Kier alpha value is -9.97. The molecule has 0 bridgehead atoms. The molecular weight excluding hydrogens is 915 g/mol. The van der Waals surface area contributed by atoms with Gasteiger partial charge in [-0.3, -0.25) is 0 Å². The van der Waals surface area contributed by atoms with E-state index in [4.69, 9.17) is 23.8 Å². The number of aromatic nitrogens is 3. The van der Waals surface area contributed by atoms with Crippen LogP contribution in [0.3, 0.4) is 0 Å². The molecule has 0 aliphatic heterocycles. The standard InChI is InChI=1S/C70H43N3O2/c1-4-16-44(17-5-1)45-34-36-48(37-35-45)67-71-68(56-24-14-28-63-65(56)55-23-11-13-27-61(55)74-63)73-69(72-67)57-25-15-29-64-66(57)58-42-49(39-41-62(58)75-64)46-30-32-47(33-31-46)50-38-40-54-53-22-10-12-26-59(53)70(60(54)43-50,51-18-6-2-7-19-51)52-20-8-3-9-21-52/h1-43H. The van der Waals surface area contributed by atoms with Gasteiger partial charge in [0.2, 0.25) is 0 Å². The summed E-state index contributed by atoms with van der Waals surface area (Å²) in [4.78, 5) is 15.8. The monoisotopic (exact) mass is 957 g/mol. The predicted molar refractivity (Wildman–Crippen MR) is 304 cm³/mol. The van der Waals surface area contributed by atoms with Gasteiger partial charge in [0.15, 0.2) is 17.5 Å². The third-order valence-electron chi connectivity index (χ3n) is 15.3. The van der Waals surface area contributed by atoms with Crippen molar-refractivity contribution >= 4 is 43.9 Å². The number of hydrogen-bond acceptors (Lipinski definition) is 5. The van der Waals surface area contributed by atoms with Crippen LogP contribution in [0, 0.1) is 0 Å². The largest absolute Gasteiger partial charge is 0.456 e. The first-order valence-corrected chi connectivity index (χ1v) is 25.4. The molecule has 75 heavy (non-hydrogen) atoms. The van der Waals surface area contributed by atoms with Gasteiger partial charge in [-0.1, -0.05) is 224 Å². The van der Waals surface area contributed by atoms with Gasteiger partial charge in [0.1, 0.15) is 22.3 Å². The van der Waals surface area contributed by atoms with Gasteiger partial charge in [-0.25, -0.2) is 15.0 Å². The van der Waals surface area contributed by atoms with E-state index in [1.165, 1.54) is 38.9 Å².